The number of nitrogens with zero attached hydrogens (tertiary/aromatic N) is 6. The van der Waals surface area contributed by atoms with Crippen LogP contribution in [0.4, 0.5) is 27.8 Å². The molecule has 302 valence electrons. The lowest BCUT2D eigenvalue weighted by Gasteiger charge is -2.47. The summed E-state index contributed by atoms with van der Waals surface area (Å²) in [6.07, 6.45) is 8.10. The number of hydrogen-bond donors (Lipinski definition) is 1. The SMILES string of the molecule is C#Cc1c(F)ccc2cc(O)cc(-c3nc(OC)c4c(N5CC(CC)N(C(=O)C6CC6(F)F)C(CC)C5)nc(OCC5(CN6CCC(F)CC6)CC5)nc4c3F)c12. The Labute approximate surface area is 327 Å². The normalized spacial score (nSPS) is 23.1. The molecule has 3 unspecified atom stereocenters. The molecule has 8 rings (SSSR count). The van der Waals surface area contributed by atoms with Gasteiger partial charge in [-0.05, 0) is 62.1 Å². The Bertz CT molecular complexity index is 2260. The van der Waals surface area contributed by atoms with E-state index in [4.69, 9.17) is 20.9 Å². The summed E-state index contributed by atoms with van der Waals surface area (Å²) in [5.41, 5.74) is -0.888. The molecule has 1 amide bonds. The second-order valence-corrected chi connectivity index (χ2v) is 16.0. The van der Waals surface area contributed by atoms with Crippen LogP contribution in [0, 0.1) is 35.3 Å². The molecule has 4 aliphatic rings. The molecule has 2 aliphatic heterocycles. The minimum Gasteiger partial charge on any atom is -0.508 e. The Kier molecular flexibility index (Phi) is 10.1. The molecule has 4 aromatic rings. The zero-order valence-corrected chi connectivity index (χ0v) is 32.1. The van der Waals surface area contributed by atoms with Gasteiger partial charge in [0.2, 0.25) is 11.8 Å². The first-order valence-electron chi connectivity index (χ1n) is 19.6. The van der Waals surface area contributed by atoms with Crippen LogP contribution in [0.25, 0.3) is 32.9 Å². The van der Waals surface area contributed by atoms with Crippen LogP contribution >= 0.6 is 0 Å². The van der Waals surface area contributed by atoms with Crippen molar-refractivity contribution in [3.8, 4) is 41.2 Å². The number of anilines is 1. The van der Waals surface area contributed by atoms with Gasteiger partial charge in [0.1, 0.15) is 46.1 Å². The summed E-state index contributed by atoms with van der Waals surface area (Å²) < 4.78 is 86.8. The Morgan fingerprint density at radius 1 is 1.04 bits per heavy atom. The Balaban J connectivity index is 1.25. The highest BCUT2D eigenvalue weighted by Gasteiger charge is 2.63. The summed E-state index contributed by atoms with van der Waals surface area (Å²) in [6.45, 7) is 6.37. The number of piperazine rings is 1. The van der Waals surface area contributed by atoms with Crippen LogP contribution in [0.2, 0.25) is 0 Å². The molecule has 10 nitrogen and oxygen atoms in total. The largest absolute Gasteiger partial charge is 0.508 e. The smallest absolute Gasteiger partial charge is 0.319 e. The summed E-state index contributed by atoms with van der Waals surface area (Å²) in [7, 11) is 1.35. The number of likely N-dealkylation sites (tertiary alicyclic amines) is 1. The standard InChI is InChI=1S/C42H45F5N6O4/c1-5-25-19-52(20-26(6-2)53(25)39(55)30-18-42(30,46)47)37-33-36(49-40(50-37)57-22-41(12-13-41)21-51-14-10-24(43)11-15-51)34(45)35(48-38(33)56-4)29-17-27(54)16-23-8-9-31(44)28(7-3)32(23)29/h3,8-9,16-17,24-26,30,54H,5-6,10-15,18-22H2,1-2,4H3. The van der Waals surface area contributed by atoms with Gasteiger partial charge in [0, 0.05) is 67.6 Å². The number of fused-ring (bicyclic) bond motifs is 2. The van der Waals surface area contributed by atoms with Crippen molar-refractivity contribution >= 4 is 33.4 Å². The fraction of sp³-hybridized carbons (Fsp3) is 0.524. The van der Waals surface area contributed by atoms with E-state index in [1.807, 2.05) is 18.7 Å². The number of ether oxygens (including phenoxy) is 2. The third-order valence-corrected chi connectivity index (χ3v) is 12.2. The molecule has 2 saturated heterocycles. The van der Waals surface area contributed by atoms with Gasteiger partial charge in [-0.2, -0.15) is 9.97 Å². The molecule has 2 aromatic carbocycles. The number of aromatic hydroxyl groups is 1. The van der Waals surface area contributed by atoms with E-state index in [0.29, 0.717) is 50.7 Å². The molecule has 15 heteroatoms. The van der Waals surface area contributed by atoms with Crippen LogP contribution in [0.5, 0.6) is 17.6 Å². The highest BCUT2D eigenvalue weighted by Crippen LogP contribution is 2.51. The van der Waals surface area contributed by atoms with Crippen molar-refractivity contribution in [1.29, 1.82) is 0 Å². The van der Waals surface area contributed by atoms with Crippen LogP contribution in [-0.2, 0) is 4.79 Å². The van der Waals surface area contributed by atoms with E-state index in [1.54, 1.807) is 4.90 Å². The molecule has 4 fully saturated rings. The molecule has 1 N–H and O–H groups in total. The number of rotatable bonds is 11. The van der Waals surface area contributed by atoms with Crippen molar-refractivity contribution in [3.63, 3.8) is 0 Å². The monoisotopic (exact) mass is 792 g/mol. The highest BCUT2D eigenvalue weighted by molar-refractivity contribution is 6.04. The number of carbonyl (C=O) groups is 1. The fourth-order valence-electron chi connectivity index (χ4n) is 8.66. The van der Waals surface area contributed by atoms with Gasteiger partial charge in [0.15, 0.2) is 5.82 Å². The van der Waals surface area contributed by atoms with Gasteiger partial charge in [0.25, 0.3) is 5.92 Å². The fourth-order valence-corrected chi connectivity index (χ4v) is 8.66. The molecule has 0 spiro atoms. The lowest BCUT2D eigenvalue weighted by molar-refractivity contribution is -0.141. The molecular formula is C42H45F5N6O4. The summed E-state index contributed by atoms with van der Waals surface area (Å²) in [5, 5.41) is 11.3. The lowest BCUT2D eigenvalue weighted by Crippen LogP contribution is -2.61. The quantitative estimate of drug-likeness (QED) is 0.124. The van der Waals surface area contributed by atoms with Crippen LogP contribution in [0.15, 0.2) is 24.3 Å². The van der Waals surface area contributed by atoms with Crippen LogP contribution < -0.4 is 14.4 Å². The van der Waals surface area contributed by atoms with Gasteiger partial charge < -0.3 is 29.3 Å². The third-order valence-electron chi connectivity index (χ3n) is 12.2. The van der Waals surface area contributed by atoms with Crippen molar-refractivity contribution in [1.82, 2.24) is 24.8 Å². The molecule has 0 radical (unpaired) electrons. The highest BCUT2D eigenvalue weighted by atomic mass is 19.3. The van der Waals surface area contributed by atoms with Gasteiger partial charge in [-0.25, -0.2) is 26.9 Å². The number of amides is 1. The number of alkyl halides is 3. The van der Waals surface area contributed by atoms with Crippen LogP contribution in [0.3, 0.4) is 0 Å². The first-order chi connectivity index (χ1) is 27.3. The second kappa shape index (κ2) is 14.8. The summed E-state index contributed by atoms with van der Waals surface area (Å²) in [4.78, 5) is 33.2. The molecule has 4 heterocycles. The second-order valence-electron chi connectivity index (χ2n) is 16.0. The maximum atomic E-state index is 17.4. The summed E-state index contributed by atoms with van der Waals surface area (Å²) in [5.74, 6) is -4.34. The van der Waals surface area contributed by atoms with Gasteiger partial charge in [-0.1, -0.05) is 25.8 Å². The predicted molar refractivity (Wildman–Crippen MR) is 204 cm³/mol. The number of hydrogen-bond acceptors (Lipinski definition) is 9. The minimum absolute atomic E-state index is 0.00728. The molecule has 2 saturated carbocycles. The Morgan fingerprint density at radius 3 is 2.32 bits per heavy atom. The minimum atomic E-state index is -3.02. The Morgan fingerprint density at radius 2 is 1.72 bits per heavy atom. The Hall–Kier alpha value is -4.97. The number of pyridine rings is 1. The molecule has 2 aliphatic carbocycles. The summed E-state index contributed by atoms with van der Waals surface area (Å²) in [6, 6.07) is 4.16. The number of carbonyl (C=O) groups excluding carboxylic acids is 1. The number of piperidine rings is 1. The maximum Gasteiger partial charge on any atom is 0.319 e. The van der Waals surface area contributed by atoms with Crippen molar-refractivity contribution < 1.29 is 41.3 Å². The molecule has 57 heavy (non-hydrogen) atoms. The topological polar surface area (TPSA) is 104 Å². The number of halogens is 5. The van der Waals surface area contributed by atoms with E-state index in [0.717, 1.165) is 12.8 Å². The third kappa shape index (κ3) is 7.15. The number of terminal acetylenes is 1. The van der Waals surface area contributed by atoms with Crippen LogP contribution in [-0.4, -0.2) is 106 Å². The molecule has 0 bridgehead atoms. The van der Waals surface area contributed by atoms with Crippen molar-refractivity contribution in [2.45, 2.75) is 83.0 Å². The van der Waals surface area contributed by atoms with E-state index < -0.39 is 54.1 Å². The summed E-state index contributed by atoms with van der Waals surface area (Å²) >= 11 is 0. The maximum absolute atomic E-state index is 17.4. The number of methoxy groups -OCH3 is 1. The van der Waals surface area contributed by atoms with Crippen molar-refractivity contribution in [2.24, 2.45) is 11.3 Å². The van der Waals surface area contributed by atoms with Crippen LogP contribution in [0.1, 0.15) is 64.4 Å². The number of aromatic nitrogens is 3. The van der Waals surface area contributed by atoms with Gasteiger partial charge in [-0.15, -0.1) is 6.42 Å². The zero-order chi connectivity index (χ0) is 40.4. The number of phenolic OH excluding ortho intramolecular Hbond substituents is 1. The van der Waals surface area contributed by atoms with E-state index in [9.17, 15) is 23.1 Å². The van der Waals surface area contributed by atoms with Gasteiger partial charge in [-0.3, -0.25) is 4.79 Å². The van der Waals surface area contributed by atoms with E-state index in [-0.39, 0.29) is 81.7 Å². The lowest BCUT2D eigenvalue weighted by atomic mass is 9.95. The van der Waals surface area contributed by atoms with E-state index in [1.165, 1.54) is 31.4 Å². The van der Waals surface area contributed by atoms with Crippen molar-refractivity contribution in [3.05, 3.63) is 41.5 Å². The van der Waals surface area contributed by atoms with E-state index in [2.05, 4.69) is 20.8 Å². The first kappa shape index (κ1) is 38.9. The predicted octanol–water partition coefficient (Wildman–Crippen LogP) is 7.27. The average Bonchev–Trinajstić information content (AvgIpc) is 4.12. The number of benzene rings is 2. The molecule has 2 aromatic heterocycles. The molecule has 3 atom stereocenters. The number of phenols is 1. The zero-order valence-electron chi connectivity index (χ0n) is 32.1. The van der Waals surface area contributed by atoms with E-state index >= 15 is 8.78 Å². The van der Waals surface area contributed by atoms with Gasteiger partial charge in [0.05, 0.1) is 19.3 Å². The van der Waals surface area contributed by atoms with Crippen molar-refractivity contribution in [2.75, 3.05) is 51.3 Å². The molecular weight excluding hydrogens is 747 g/mol. The average molecular weight is 793 g/mol. The first-order valence-corrected chi connectivity index (χ1v) is 19.6. The van der Waals surface area contributed by atoms with Gasteiger partial charge >= 0.3 is 6.01 Å².